The van der Waals surface area contributed by atoms with Crippen LogP contribution >= 0.6 is 0 Å². The number of rotatable bonds is 1. The van der Waals surface area contributed by atoms with Crippen molar-refractivity contribution in [1.29, 1.82) is 0 Å². The Morgan fingerprint density at radius 3 is 2.80 bits per heavy atom. The van der Waals surface area contributed by atoms with Crippen molar-refractivity contribution in [3.63, 3.8) is 0 Å². The first-order valence-electron chi connectivity index (χ1n) is 5.25. The molecule has 1 aliphatic heterocycles. The van der Waals surface area contributed by atoms with Gasteiger partial charge < -0.3 is 5.32 Å². The predicted octanol–water partition coefficient (Wildman–Crippen LogP) is 2.44. The number of fused-ring (bicyclic) bond motifs is 2. The third kappa shape index (κ3) is 1.02. The zero-order chi connectivity index (χ0) is 10.5. The topological polar surface area (TPSA) is 55.2 Å². The monoisotopic (exact) mass is 204 g/mol. The Kier molecular flexibility index (Phi) is 1.58. The first-order chi connectivity index (χ1) is 7.23. The standard InChI is InChI=1S/C11H12N2O2/c14-13(15)9-4-1-3-8-10(9)12-7-11(8)5-2-6-11/h1,3-4,12H,2,5-7H2. The number of benzene rings is 1. The lowest BCUT2D eigenvalue weighted by Gasteiger charge is -2.38. The second-order valence-electron chi connectivity index (χ2n) is 4.44. The number of nitrogens with zero attached hydrogens (tertiary/aromatic N) is 1. The van der Waals surface area contributed by atoms with E-state index in [0.29, 0.717) is 0 Å². The van der Waals surface area contributed by atoms with Crippen LogP contribution < -0.4 is 5.32 Å². The molecule has 1 saturated carbocycles. The van der Waals surface area contributed by atoms with Gasteiger partial charge in [-0.25, -0.2) is 0 Å². The summed E-state index contributed by atoms with van der Waals surface area (Å²) in [5.41, 5.74) is 2.34. The van der Waals surface area contributed by atoms with Crippen LogP contribution in [-0.2, 0) is 5.41 Å². The van der Waals surface area contributed by atoms with Crippen molar-refractivity contribution in [3.05, 3.63) is 33.9 Å². The molecular formula is C11H12N2O2. The molecule has 3 rings (SSSR count). The summed E-state index contributed by atoms with van der Waals surface area (Å²) in [5, 5.41) is 14.0. The van der Waals surface area contributed by atoms with E-state index in [2.05, 4.69) is 5.32 Å². The van der Waals surface area contributed by atoms with E-state index in [-0.39, 0.29) is 16.0 Å². The Hall–Kier alpha value is -1.58. The van der Waals surface area contributed by atoms with E-state index in [1.165, 1.54) is 6.42 Å². The van der Waals surface area contributed by atoms with E-state index in [4.69, 9.17) is 0 Å². The molecule has 78 valence electrons. The summed E-state index contributed by atoms with van der Waals surface area (Å²) >= 11 is 0. The van der Waals surface area contributed by atoms with Gasteiger partial charge in [0, 0.05) is 18.0 Å². The number of nitro groups is 1. The maximum absolute atomic E-state index is 10.8. The normalized spacial score (nSPS) is 20.5. The molecule has 0 atom stereocenters. The second-order valence-corrected chi connectivity index (χ2v) is 4.44. The highest BCUT2D eigenvalue weighted by molar-refractivity contribution is 5.72. The summed E-state index contributed by atoms with van der Waals surface area (Å²) in [6.45, 7) is 0.868. The van der Waals surface area contributed by atoms with Gasteiger partial charge in [-0.3, -0.25) is 10.1 Å². The maximum Gasteiger partial charge on any atom is 0.292 e. The zero-order valence-corrected chi connectivity index (χ0v) is 8.32. The smallest absolute Gasteiger partial charge is 0.292 e. The Labute approximate surface area is 87.4 Å². The van der Waals surface area contributed by atoms with E-state index >= 15 is 0 Å². The van der Waals surface area contributed by atoms with Crippen LogP contribution in [0.2, 0.25) is 0 Å². The number of nitro benzene ring substituents is 1. The third-order valence-electron chi connectivity index (χ3n) is 3.72. The summed E-state index contributed by atoms with van der Waals surface area (Å²) in [5.74, 6) is 0. The Balaban J connectivity index is 2.15. The molecule has 2 aliphatic rings. The van der Waals surface area contributed by atoms with Crippen molar-refractivity contribution in [2.24, 2.45) is 0 Å². The van der Waals surface area contributed by atoms with Gasteiger partial charge in [-0.2, -0.15) is 0 Å². The minimum absolute atomic E-state index is 0.210. The predicted molar refractivity (Wildman–Crippen MR) is 57.1 cm³/mol. The molecule has 4 nitrogen and oxygen atoms in total. The van der Waals surface area contributed by atoms with Crippen molar-refractivity contribution in [3.8, 4) is 0 Å². The summed E-state index contributed by atoms with van der Waals surface area (Å²) < 4.78 is 0. The van der Waals surface area contributed by atoms with E-state index in [1.807, 2.05) is 6.07 Å². The van der Waals surface area contributed by atoms with Crippen LogP contribution in [0.1, 0.15) is 24.8 Å². The van der Waals surface area contributed by atoms with Gasteiger partial charge in [0.2, 0.25) is 0 Å². The van der Waals surface area contributed by atoms with Crippen molar-refractivity contribution in [1.82, 2.24) is 0 Å². The number of anilines is 1. The molecule has 4 heteroatoms. The molecule has 0 radical (unpaired) electrons. The highest BCUT2D eigenvalue weighted by Crippen LogP contribution is 2.52. The molecule has 0 amide bonds. The van der Waals surface area contributed by atoms with Gasteiger partial charge in [-0.15, -0.1) is 0 Å². The van der Waals surface area contributed by atoms with Gasteiger partial charge in [-0.1, -0.05) is 18.6 Å². The lowest BCUT2D eigenvalue weighted by Crippen LogP contribution is -2.35. The van der Waals surface area contributed by atoms with Crippen LogP contribution in [0.15, 0.2) is 18.2 Å². The zero-order valence-electron chi connectivity index (χ0n) is 8.32. The second kappa shape index (κ2) is 2.72. The Morgan fingerprint density at radius 1 is 1.40 bits per heavy atom. The molecular weight excluding hydrogens is 192 g/mol. The first-order valence-corrected chi connectivity index (χ1v) is 5.25. The molecule has 1 fully saturated rings. The molecule has 0 bridgehead atoms. The van der Waals surface area contributed by atoms with E-state index in [9.17, 15) is 10.1 Å². The molecule has 1 N–H and O–H groups in total. The number of nitrogens with one attached hydrogen (secondary N) is 1. The lowest BCUT2D eigenvalue weighted by molar-refractivity contribution is -0.383. The molecule has 1 spiro atoms. The van der Waals surface area contributed by atoms with Crippen molar-refractivity contribution < 1.29 is 4.92 Å². The fraction of sp³-hybridized carbons (Fsp3) is 0.455. The summed E-state index contributed by atoms with van der Waals surface area (Å²) in [4.78, 5) is 10.5. The van der Waals surface area contributed by atoms with E-state index < -0.39 is 0 Å². The van der Waals surface area contributed by atoms with Crippen LogP contribution in [0.3, 0.4) is 0 Å². The van der Waals surface area contributed by atoms with Crippen LogP contribution in [0.4, 0.5) is 11.4 Å². The number of para-hydroxylation sites is 1. The van der Waals surface area contributed by atoms with E-state index in [1.54, 1.807) is 12.1 Å². The minimum atomic E-state index is -0.302. The van der Waals surface area contributed by atoms with Crippen LogP contribution in [0.25, 0.3) is 0 Å². The average molecular weight is 204 g/mol. The fourth-order valence-corrected chi connectivity index (χ4v) is 2.72. The molecule has 0 saturated heterocycles. The molecule has 15 heavy (non-hydrogen) atoms. The van der Waals surface area contributed by atoms with Crippen LogP contribution in [0, 0.1) is 10.1 Å². The van der Waals surface area contributed by atoms with Gasteiger partial charge in [0.15, 0.2) is 0 Å². The fourth-order valence-electron chi connectivity index (χ4n) is 2.72. The number of hydrogen-bond donors (Lipinski definition) is 1. The highest BCUT2D eigenvalue weighted by atomic mass is 16.6. The molecule has 1 aromatic rings. The summed E-state index contributed by atoms with van der Waals surface area (Å²) in [6, 6.07) is 5.40. The largest absolute Gasteiger partial charge is 0.378 e. The van der Waals surface area contributed by atoms with E-state index in [0.717, 1.165) is 30.6 Å². The average Bonchev–Trinajstić information content (AvgIpc) is 2.55. The minimum Gasteiger partial charge on any atom is -0.378 e. The molecule has 0 unspecified atom stereocenters. The maximum atomic E-state index is 10.8. The van der Waals surface area contributed by atoms with Gasteiger partial charge in [0.1, 0.15) is 5.69 Å². The quantitative estimate of drug-likeness (QED) is 0.564. The van der Waals surface area contributed by atoms with Crippen LogP contribution in [0.5, 0.6) is 0 Å². The molecule has 1 heterocycles. The molecule has 0 aromatic heterocycles. The van der Waals surface area contributed by atoms with Gasteiger partial charge in [0.05, 0.1) is 4.92 Å². The first kappa shape index (κ1) is 8.71. The Morgan fingerprint density at radius 2 is 2.20 bits per heavy atom. The molecule has 1 aliphatic carbocycles. The summed E-state index contributed by atoms with van der Waals surface area (Å²) in [7, 11) is 0. The third-order valence-corrected chi connectivity index (χ3v) is 3.72. The van der Waals surface area contributed by atoms with Crippen molar-refractivity contribution >= 4 is 11.4 Å². The Bertz CT molecular complexity index is 438. The van der Waals surface area contributed by atoms with Gasteiger partial charge >= 0.3 is 0 Å². The van der Waals surface area contributed by atoms with Gasteiger partial charge in [-0.05, 0) is 18.4 Å². The van der Waals surface area contributed by atoms with Gasteiger partial charge in [0.25, 0.3) is 5.69 Å². The van der Waals surface area contributed by atoms with Crippen LogP contribution in [-0.4, -0.2) is 11.5 Å². The SMILES string of the molecule is O=[N+]([O-])c1cccc2c1NCC21CCC1. The summed E-state index contributed by atoms with van der Waals surface area (Å²) in [6.07, 6.45) is 3.56. The number of hydrogen-bond acceptors (Lipinski definition) is 3. The lowest BCUT2D eigenvalue weighted by atomic mass is 9.66. The molecule has 1 aromatic carbocycles. The van der Waals surface area contributed by atoms with Crippen molar-refractivity contribution in [2.75, 3.05) is 11.9 Å². The highest BCUT2D eigenvalue weighted by Gasteiger charge is 2.45. The van der Waals surface area contributed by atoms with Crippen molar-refractivity contribution in [2.45, 2.75) is 24.7 Å².